The first-order chi connectivity index (χ1) is 12.3. The highest BCUT2D eigenvalue weighted by molar-refractivity contribution is 6.15. The van der Waals surface area contributed by atoms with Crippen molar-refractivity contribution in [1.82, 2.24) is 0 Å². The summed E-state index contributed by atoms with van der Waals surface area (Å²) in [6.45, 7) is 0. The average Bonchev–Trinajstić information content (AvgIpc) is 3.09. The Balaban J connectivity index is 1.89. The monoisotopic (exact) mass is 319 g/mol. The van der Waals surface area contributed by atoms with Crippen LogP contribution in [0.4, 0.5) is 5.69 Å². The van der Waals surface area contributed by atoms with Gasteiger partial charge in [-0.3, -0.25) is 0 Å². The average molecular weight is 319 g/mol. The zero-order valence-electron chi connectivity index (χ0n) is 13.7. The van der Waals surface area contributed by atoms with Crippen LogP contribution in [0.3, 0.4) is 0 Å². The second-order valence-corrected chi connectivity index (χ2v) is 6.48. The molecule has 0 atom stereocenters. The predicted molar refractivity (Wildman–Crippen MR) is 108 cm³/mol. The number of nitrogens with two attached hydrogens (primary N) is 1. The van der Waals surface area contributed by atoms with E-state index in [1.165, 1.54) is 44.2 Å². The van der Waals surface area contributed by atoms with E-state index in [9.17, 15) is 0 Å². The van der Waals surface area contributed by atoms with Crippen LogP contribution in [0.5, 0.6) is 0 Å². The van der Waals surface area contributed by atoms with E-state index < -0.39 is 0 Å². The molecular formula is C24H17N. The molecule has 1 aliphatic rings. The van der Waals surface area contributed by atoms with Crippen molar-refractivity contribution in [3.05, 3.63) is 90.0 Å². The molecule has 25 heavy (non-hydrogen) atoms. The van der Waals surface area contributed by atoms with Gasteiger partial charge in [-0.05, 0) is 56.3 Å². The van der Waals surface area contributed by atoms with Crippen LogP contribution in [0.1, 0.15) is 11.1 Å². The lowest BCUT2D eigenvalue weighted by Crippen LogP contribution is -1.90. The van der Waals surface area contributed by atoms with Crippen molar-refractivity contribution < 1.29 is 0 Å². The third-order valence-corrected chi connectivity index (χ3v) is 4.97. The summed E-state index contributed by atoms with van der Waals surface area (Å²) < 4.78 is 0. The van der Waals surface area contributed by atoms with Crippen LogP contribution in [0.25, 0.3) is 45.2 Å². The minimum absolute atomic E-state index is 0.791. The van der Waals surface area contributed by atoms with Gasteiger partial charge in [0.2, 0.25) is 0 Å². The molecule has 0 heterocycles. The Morgan fingerprint density at radius 2 is 1.04 bits per heavy atom. The maximum atomic E-state index is 5.89. The molecule has 0 aliphatic heterocycles. The Labute approximate surface area is 147 Å². The fraction of sp³-hybridized carbons (Fsp3) is 0. The molecule has 1 aliphatic carbocycles. The molecule has 4 aromatic carbocycles. The van der Waals surface area contributed by atoms with E-state index >= 15 is 0 Å². The number of anilines is 1. The third-order valence-electron chi connectivity index (χ3n) is 4.97. The van der Waals surface area contributed by atoms with Gasteiger partial charge in [-0.2, -0.15) is 0 Å². The van der Waals surface area contributed by atoms with Gasteiger partial charge in [-0.25, -0.2) is 0 Å². The number of benzene rings is 4. The van der Waals surface area contributed by atoms with Crippen LogP contribution in [-0.2, 0) is 0 Å². The van der Waals surface area contributed by atoms with Crippen LogP contribution >= 0.6 is 0 Å². The van der Waals surface area contributed by atoms with Crippen molar-refractivity contribution in [3.63, 3.8) is 0 Å². The second kappa shape index (κ2) is 5.35. The zero-order chi connectivity index (χ0) is 16.8. The smallest absolute Gasteiger partial charge is 0.0314 e. The standard InChI is InChI=1S/C24H17N/c25-20-12-8-17(9-13-20)22-15-11-19-7-6-18-10-14-21(24(22)23(18)19)16-4-2-1-3-5-16/h1-15H,25H2. The van der Waals surface area contributed by atoms with Gasteiger partial charge in [-0.15, -0.1) is 0 Å². The molecule has 0 radical (unpaired) electrons. The number of hydrogen-bond acceptors (Lipinski definition) is 1. The Kier molecular flexibility index (Phi) is 3.01. The summed E-state index contributed by atoms with van der Waals surface area (Å²) in [4.78, 5) is 0. The molecule has 0 unspecified atom stereocenters. The Morgan fingerprint density at radius 1 is 0.480 bits per heavy atom. The van der Waals surface area contributed by atoms with Gasteiger partial charge < -0.3 is 5.73 Å². The molecule has 118 valence electrons. The first-order valence-electron chi connectivity index (χ1n) is 8.50. The lowest BCUT2D eigenvalue weighted by molar-refractivity contribution is 1.61. The molecular weight excluding hydrogens is 302 g/mol. The number of hydrogen-bond donors (Lipinski definition) is 1. The molecule has 2 N–H and O–H groups in total. The first kappa shape index (κ1) is 14.1. The van der Waals surface area contributed by atoms with Crippen LogP contribution in [-0.4, -0.2) is 0 Å². The van der Waals surface area contributed by atoms with E-state index in [-0.39, 0.29) is 0 Å². The molecule has 0 bridgehead atoms. The molecule has 0 spiro atoms. The van der Waals surface area contributed by atoms with E-state index in [4.69, 9.17) is 5.73 Å². The fourth-order valence-electron chi connectivity index (χ4n) is 3.77. The van der Waals surface area contributed by atoms with Crippen molar-refractivity contribution in [2.45, 2.75) is 0 Å². The molecule has 1 nitrogen and oxygen atoms in total. The summed E-state index contributed by atoms with van der Waals surface area (Å²) in [5, 5.41) is 2.66. The number of nitrogen functional groups attached to an aromatic ring is 1. The van der Waals surface area contributed by atoms with E-state index in [1.54, 1.807) is 0 Å². The minimum Gasteiger partial charge on any atom is -0.399 e. The normalized spacial score (nSPS) is 12.0. The van der Waals surface area contributed by atoms with E-state index in [2.05, 4.69) is 78.9 Å². The van der Waals surface area contributed by atoms with E-state index in [1.807, 2.05) is 12.1 Å². The lowest BCUT2D eigenvalue weighted by atomic mass is 9.89. The highest BCUT2D eigenvalue weighted by Crippen LogP contribution is 2.42. The maximum absolute atomic E-state index is 5.89. The van der Waals surface area contributed by atoms with Crippen LogP contribution < -0.4 is 5.73 Å². The predicted octanol–water partition coefficient (Wildman–Crippen LogP) is 6.24. The van der Waals surface area contributed by atoms with Crippen LogP contribution in [0.15, 0.2) is 78.9 Å². The summed E-state index contributed by atoms with van der Waals surface area (Å²) >= 11 is 0. The minimum atomic E-state index is 0.791. The molecule has 0 saturated carbocycles. The summed E-state index contributed by atoms with van der Waals surface area (Å²) in [5.74, 6) is 0. The van der Waals surface area contributed by atoms with Gasteiger partial charge in [0.15, 0.2) is 0 Å². The van der Waals surface area contributed by atoms with Crippen molar-refractivity contribution in [2.24, 2.45) is 0 Å². The van der Waals surface area contributed by atoms with Crippen molar-refractivity contribution >= 4 is 28.6 Å². The fourth-order valence-corrected chi connectivity index (χ4v) is 3.77. The van der Waals surface area contributed by atoms with Gasteiger partial charge in [0.1, 0.15) is 0 Å². The van der Waals surface area contributed by atoms with Gasteiger partial charge in [0.25, 0.3) is 0 Å². The Hall–Kier alpha value is -3.32. The number of rotatable bonds is 2. The van der Waals surface area contributed by atoms with Gasteiger partial charge >= 0.3 is 0 Å². The molecule has 5 rings (SSSR count). The lowest BCUT2D eigenvalue weighted by Gasteiger charge is -2.15. The zero-order valence-corrected chi connectivity index (χ0v) is 13.7. The van der Waals surface area contributed by atoms with Gasteiger partial charge in [-0.1, -0.05) is 78.9 Å². The molecule has 0 amide bonds. The largest absolute Gasteiger partial charge is 0.399 e. The second-order valence-electron chi connectivity index (χ2n) is 6.48. The van der Waals surface area contributed by atoms with E-state index in [0.717, 1.165) is 5.69 Å². The van der Waals surface area contributed by atoms with Crippen molar-refractivity contribution in [3.8, 4) is 22.3 Å². The quantitative estimate of drug-likeness (QED) is 0.383. The Morgan fingerprint density at radius 3 is 1.64 bits per heavy atom. The summed E-state index contributed by atoms with van der Waals surface area (Å²) in [6.07, 6.45) is 4.42. The van der Waals surface area contributed by atoms with Crippen molar-refractivity contribution in [1.29, 1.82) is 0 Å². The molecule has 4 aromatic rings. The Bertz CT molecular complexity index is 1110. The molecule has 0 aromatic heterocycles. The van der Waals surface area contributed by atoms with Crippen LogP contribution in [0, 0.1) is 0 Å². The van der Waals surface area contributed by atoms with Crippen molar-refractivity contribution in [2.75, 3.05) is 5.73 Å². The van der Waals surface area contributed by atoms with Crippen LogP contribution in [0.2, 0.25) is 0 Å². The first-order valence-corrected chi connectivity index (χ1v) is 8.50. The van der Waals surface area contributed by atoms with E-state index in [0.29, 0.717) is 0 Å². The summed E-state index contributed by atoms with van der Waals surface area (Å²) in [5.41, 5.74) is 14.2. The highest BCUT2D eigenvalue weighted by atomic mass is 14.5. The maximum Gasteiger partial charge on any atom is 0.0314 e. The molecule has 0 fully saturated rings. The third kappa shape index (κ3) is 2.17. The van der Waals surface area contributed by atoms with Gasteiger partial charge in [0, 0.05) is 5.69 Å². The topological polar surface area (TPSA) is 26.0 Å². The SMILES string of the molecule is Nc1ccc(-c2ccc3c4c(ccc(-c5ccccc5)c24)C=C3)cc1. The summed E-state index contributed by atoms with van der Waals surface area (Å²) in [6, 6.07) is 27.7. The van der Waals surface area contributed by atoms with Gasteiger partial charge in [0.05, 0.1) is 0 Å². The molecule has 1 heteroatoms. The highest BCUT2D eigenvalue weighted by Gasteiger charge is 2.17. The molecule has 0 saturated heterocycles. The summed E-state index contributed by atoms with van der Waals surface area (Å²) in [7, 11) is 0.